The highest BCUT2D eigenvalue weighted by molar-refractivity contribution is 5.75. The van der Waals surface area contributed by atoms with Gasteiger partial charge in [-0.3, -0.25) is 4.79 Å². The average molecular weight is 270 g/mol. The van der Waals surface area contributed by atoms with Crippen molar-refractivity contribution in [2.24, 2.45) is 5.41 Å². The third-order valence-corrected chi connectivity index (χ3v) is 2.83. The van der Waals surface area contributed by atoms with Crippen LogP contribution in [0.3, 0.4) is 0 Å². The van der Waals surface area contributed by atoms with Crippen LogP contribution in [0.15, 0.2) is 0 Å². The largest absolute Gasteiger partial charge is 0.461 e. The van der Waals surface area contributed by atoms with E-state index < -0.39 is 28.9 Å². The second-order valence-corrected chi connectivity index (χ2v) is 6.21. The van der Waals surface area contributed by atoms with E-state index in [9.17, 15) is 9.90 Å². The lowest BCUT2D eigenvalue weighted by molar-refractivity contribution is -0.177. The fraction of sp³-hybridized carbons (Fsp3) is 0.786. The van der Waals surface area contributed by atoms with Crippen molar-refractivity contribution in [3.63, 3.8) is 0 Å². The number of aliphatic hydroxyl groups is 1. The first kappa shape index (κ1) is 16.0. The molecule has 2 atom stereocenters. The first-order chi connectivity index (χ1) is 8.50. The van der Waals surface area contributed by atoms with Crippen LogP contribution in [0.1, 0.15) is 34.6 Å². The smallest absolute Gasteiger partial charge is 0.311 e. The Balaban J connectivity index is 2.68. The first-order valence-corrected chi connectivity index (χ1v) is 6.19. The van der Waals surface area contributed by atoms with Crippen LogP contribution in [-0.2, 0) is 19.0 Å². The van der Waals surface area contributed by atoms with Crippen molar-refractivity contribution in [1.82, 2.24) is 0 Å². The molecule has 0 aliphatic carbocycles. The number of terminal acetylenes is 1. The normalized spacial score (nSPS) is 25.4. The van der Waals surface area contributed by atoms with E-state index in [1.807, 2.05) is 0 Å². The molecule has 1 rings (SSSR count). The van der Waals surface area contributed by atoms with Crippen LogP contribution in [-0.4, -0.2) is 41.8 Å². The van der Waals surface area contributed by atoms with Gasteiger partial charge in [-0.25, -0.2) is 0 Å². The van der Waals surface area contributed by atoms with Gasteiger partial charge in [0.05, 0.1) is 12.0 Å². The molecule has 0 saturated carbocycles. The Labute approximate surface area is 114 Å². The first-order valence-electron chi connectivity index (χ1n) is 6.19. The molecule has 0 aromatic rings. The summed E-state index contributed by atoms with van der Waals surface area (Å²) >= 11 is 0. The quantitative estimate of drug-likeness (QED) is 0.614. The predicted molar refractivity (Wildman–Crippen MR) is 69.1 cm³/mol. The van der Waals surface area contributed by atoms with Crippen LogP contribution < -0.4 is 0 Å². The Morgan fingerprint density at radius 3 is 2.47 bits per heavy atom. The van der Waals surface area contributed by atoms with Crippen molar-refractivity contribution in [2.75, 3.05) is 13.2 Å². The number of hydrogen-bond acceptors (Lipinski definition) is 5. The van der Waals surface area contributed by atoms with E-state index in [1.165, 1.54) is 0 Å². The molecular weight excluding hydrogens is 248 g/mol. The van der Waals surface area contributed by atoms with E-state index in [2.05, 4.69) is 5.92 Å². The van der Waals surface area contributed by atoms with Gasteiger partial charge < -0.3 is 19.3 Å². The van der Waals surface area contributed by atoms with Gasteiger partial charge in [0.2, 0.25) is 0 Å². The van der Waals surface area contributed by atoms with E-state index in [0.29, 0.717) is 0 Å². The van der Waals surface area contributed by atoms with Gasteiger partial charge in [-0.1, -0.05) is 5.92 Å². The van der Waals surface area contributed by atoms with Crippen molar-refractivity contribution >= 4 is 5.97 Å². The topological polar surface area (TPSA) is 65.0 Å². The molecular formula is C14H22O5. The molecule has 1 saturated heterocycles. The summed E-state index contributed by atoms with van der Waals surface area (Å²) in [6.07, 6.45) is 4.62. The molecule has 1 aliphatic heterocycles. The highest BCUT2D eigenvalue weighted by atomic mass is 16.7. The summed E-state index contributed by atoms with van der Waals surface area (Å²) < 4.78 is 15.9. The lowest BCUT2D eigenvalue weighted by Gasteiger charge is -2.29. The number of carbonyl (C=O) groups is 1. The Morgan fingerprint density at radius 1 is 1.53 bits per heavy atom. The molecule has 0 bridgehead atoms. The van der Waals surface area contributed by atoms with Crippen LogP contribution in [0.2, 0.25) is 0 Å². The second kappa shape index (κ2) is 5.12. The minimum absolute atomic E-state index is 0.154. The van der Waals surface area contributed by atoms with E-state index in [1.54, 1.807) is 34.6 Å². The SMILES string of the molecule is C#C[C@](O)(COC(=O)C(C)(C)C)[C@H]1COC(C)(C)O1. The van der Waals surface area contributed by atoms with Crippen LogP contribution in [0, 0.1) is 17.8 Å². The van der Waals surface area contributed by atoms with Crippen LogP contribution in [0.25, 0.3) is 0 Å². The fourth-order valence-corrected chi connectivity index (χ4v) is 1.54. The summed E-state index contributed by atoms with van der Waals surface area (Å²) in [5.74, 6) is 1.01. The molecule has 0 unspecified atom stereocenters. The predicted octanol–water partition coefficient (Wildman–Crippen LogP) is 1.09. The summed E-state index contributed by atoms with van der Waals surface area (Å²) in [6.45, 7) is 8.47. The molecule has 1 fully saturated rings. The molecule has 1 heterocycles. The van der Waals surface area contributed by atoms with Crippen molar-refractivity contribution < 1.29 is 24.1 Å². The molecule has 1 aliphatic rings. The molecule has 5 nitrogen and oxygen atoms in total. The summed E-state index contributed by atoms with van der Waals surface area (Å²) in [6, 6.07) is 0. The molecule has 19 heavy (non-hydrogen) atoms. The van der Waals surface area contributed by atoms with Crippen LogP contribution in [0.5, 0.6) is 0 Å². The zero-order chi connectivity index (χ0) is 14.9. The summed E-state index contributed by atoms with van der Waals surface area (Å²) in [4.78, 5) is 11.7. The number of ether oxygens (including phenoxy) is 3. The molecule has 0 spiro atoms. The molecule has 0 amide bonds. The van der Waals surface area contributed by atoms with E-state index >= 15 is 0 Å². The molecule has 1 N–H and O–H groups in total. The van der Waals surface area contributed by atoms with Gasteiger partial charge in [-0.05, 0) is 34.6 Å². The van der Waals surface area contributed by atoms with Crippen molar-refractivity contribution in [2.45, 2.75) is 52.1 Å². The lowest BCUT2D eigenvalue weighted by atomic mass is 9.96. The maximum atomic E-state index is 11.7. The summed E-state index contributed by atoms with van der Waals surface area (Å²) in [7, 11) is 0. The standard InChI is InChI=1S/C14H22O5/c1-7-14(16,9-17-11(15)12(2,3)4)10-8-18-13(5,6)19-10/h1,10,16H,8-9H2,2-6H3/t10-,14+/m1/s1. The molecule has 0 aromatic heterocycles. The van der Waals surface area contributed by atoms with E-state index in [0.717, 1.165) is 0 Å². The monoisotopic (exact) mass is 270 g/mol. The van der Waals surface area contributed by atoms with Gasteiger partial charge in [-0.2, -0.15) is 0 Å². The van der Waals surface area contributed by atoms with Gasteiger partial charge in [0.25, 0.3) is 0 Å². The van der Waals surface area contributed by atoms with Crippen LogP contribution in [0.4, 0.5) is 0 Å². The van der Waals surface area contributed by atoms with Crippen LogP contribution >= 0.6 is 0 Å². The third kappa shape index (κ3) is 3.93. The zero-order valence-electron chi connectivity index (χ0n) is 12.1. The maximum absolute atomic E-state index is 11.7. The van der Waals surface area contributed by atoms with Crippen molar-refractivity contribution in [3.8, 4) is 12.3 Å². The van der Waals surface area contributed by atoms with Crippen molar-refractivity contribution in [1.29, 1.82) is 0 Å². The molecule has 0 aromatic carbocycles. The third-order valence-electron chi connectivity index (χ3n) is 2.83. The number of rotatable bonds is 3. The van der Waals surface area contributed by atoms with E-state index in [4.69, 9.17) is 20.6 Å². The maximum Gasteiger partial charge on any atom is 0.311 e. The Morgan fingerprint density at radius 2 is 2.11 bits per heavy atom. The van der Waals surface area contributed by atoms with Gasteiger partial charge in [0.1, 0.15) is 12.7 Å². The molecule has 5 heteroatoms. The van der Waals surface area contributed by atoms with Gasteiger partial charge in [0.15, 0.2) is 11.4 Å². The number of carbonyl (C=O) groups excluding carboxylic acids is 1. The summed E-state index contributed by atoms with van der Waals surface area (Å²) in [5.41, 5.74) is -2.34. The zero-order valence-corrected chi connectivity index (χ0v) is 12.1. The number of esters is 1. The molecule has 0 radical (unpaired) electrons. The minimum Gasteiger partial charge on any atom is -0.461 e. The summed E-state index contributed by atoms with van der Waals surface area (Å²) in [5, 5.41) is 10.3. The van der Waals surface area contributed by atoms with E-state index in [-0.39, 0.29) is 13.2 Å². The molecule has 108 valence electrons. The highest BCUT2D eigenvalue weighted by Crippen LogP contribution is 2.29. The lowest BCUT2D eigenvalue weighted by Crippen LogP contribution is -2.48. The Bertz CT molecular complexity index is 388. The Kier molecular flexibility index (Phi) is 4.30. The van der Waals surface area contributed by atoms with Gasteiger partial charge in [0, 0.05) is 0 Å². The Hall–Kier alpha value is -1.09. The highest BCUT2D eigenvalue weighted by Gasteiger charge is 2.46. The van der Waals surface area contributed by atoms with Crippen molar-refractivity contribution in [3.05, 3.63) is 0 Å². The minimum atomic E-state index is -1.69. The number of hydrogen-bond donors (Lipinski definition) is 1. The second-order valence-electron chi connectivity index (χ2n) is 6.21. The average Bonchev–Trinajstić information content (AvgIpc) is 2.65. The van der Waals surface area contributed by atoms with Gasteiger partial charge >= 0.3 is 5.97 Å². The fourth-order valence-electron chi connectivity index (χ4n) is 1.54. The van der Waals surface area contributed by atoms with Gasteiger partial charge in [-0.15, -0.1) is 6.42 Å².